The molecule has 2 nitrogen and oxygen atoms in total. The van der Waals surface area contributed by atoms with Gasteiger partial charge in [0.15, 0.2) is 0 Å². The van der Waals surface area contributed by atoms with E-state index in [2.05, 4.69) is 24.2 Å². The molecule has 0 saturated carbocycles. The van der Waals surface area contributed by atoms with E-state index in [1.165, 1.54) is 69.8 Å². The van der Waals surface area contributed by atoms with Crippen LogP contribution in [0.3, 0.4) is 0 Å². The molecule has 1 aromatic rings. The van der Waals surface area contributed by atoms with E-state index in [9.17, 15) is 0 Å². The lowest BCUT2D eigenvalue weighted by atomic mass is 10.0. The van der Waals surface area contributed by atoms with Gasteiger partial charge >= 0.3 is 0 Å². The Hall–Kier alpha value is -1.31. The second-order valence-corrected chi connectivity index (χ2v) is 6.31. The standard InChI is InChI=1S/C20H33NO/c1-3-4-5-6-7-8-9-10-11-12-13-19-14-16-20(17-15-19)18(2)21-22/h14-17,22H,3-13H2,1-2H3/b21-18+. The number of oxime groups is 1. The average molecular weight is 303 g/mol. The van der Waals surface area contributed by atoms with E-state index < -0.39 is 0 Å². The lowest BCUT2D eigenvalue weighted by molar-refractivity contribution is 0.319. The predicted molar refractivity (Wildman–Crippen MR) is 96.0 cm³/mol. The molecule has 0 radical (unpaired) electrons. The van der Waals surface area contributed by atoms with E-state index in [4.69, 9.17) is 5.21 Å². The fraction of sp³-hybridized carbons (Fsp3) is 0.650. The Labute approximate surface area is 136 Å². The Morgan fingerprint density at radius 2 is 1.32 bits per heavy atom. The van der Waals surface area contributed by atoms with E-state index in [0.29, 0.717) is 5.71 Å². The molecule has 1 N–H and O–H groups in total. The van der Waals surface area contributed by atoms with E-state index in [1.807, 2.05) is 19.1 Å². The Balaban J connectivity index is 2.03. The predicted octanol–water partition coefficient (Wildman–Crippen LogP) is 6.35. The average Bonchev–Trinajstić information content (AvgIpc) is 2.56. The minimum Gasteiger partial charge on any atom is -0.411 e. The highest BCUT2D eigenvalue weighted by molar-refractivity contribution is 5.98. The molecule has 124 valence electrons. The fourth-order valence-electron chi connectivity index (χ4n) is 2.79. The molecule has 0 bridgehead atoms. The summed E-state index contributed by atoms with van der Waals surface area (Å²) in [5, 5.41) is 12.0. The zero-order chi connectivity index (χ0) is 16.0. The Bertz CT molecular complexity index is 408. The summed E-state index contributed by atoms with van der Waals surface area (Å²) in [6.45, 7) is 4.09. The van der Waals surface area contributed by atoms with Crippen LogP contribution in [0.4, 0.5) is 0 Å². The molecule has 0 amide bonds. The second-order valence-electron chi connectivity index (χ2n) is 6.31. The molecule has 0 saturated heterocycles. The van der Waals surface area contributed by atoms with Crippen LogP contribution in [-0.4, -0.2) is 10.9 Å². The van der Waals surface area contributed by atoms with E-state index in [-0.39, 0.29) is 0 Å². The van der Waals surface area contributed by atoms with Gasteiger partial charge in [-0.2, -0.15) is 0 Å². The maximum atomic E-state index is 8.75. The monoisotopic (exact) mass is 303 g/mol. The number of nitrogens with zero attached hydrogens (tertiary/aromatic N) is 1. The largest absolute Gasteiger partial charge is 0.411 e. The lowest BCUT2D eigenvalue weighted by Crippen LogP contribution is -1.95. The van der Waals surface area contributed by atoms with Crippen molar-refractivity contribution in [2.45, 2.75) is 84.5 Å². The van der Waals surface area contributed by atoms with Gasteiger partial charge in [-0.25, -0.2) is 0 Å². The van der Waals surface area contributed by atoms with Crippen LogP contribution >= 0.6 is 0 Å². The summed E-state index contributed by atoms with van der Waals surface area (Å²) in [4.78, 5) is 0. The molecule has 0 aliphatic rings. The zero-order valence-electron chi connectivity index (χ0n) is 14.5. The maximum Gasteiger partial charge on any atom is 0.0836 e. The Morgan fingerprint density at radius 3 is 1.82 bits per heavy atom. The molecule has 0 heterocycles. The van der Waals surface area contributed by atoms with Gasteiger partial charge < -0.3 is 5.21 Å². The number of unbranched alkanes of at least 4 members (excludes halogenated alkanes) is 9. The van der Waals surface area contributed by atoms with Crippen molar-refractivity contribution in [3.63, 3.8) is 0 Å². The topological polar surface area (TPSA) is 32.6 Å². The zero-order valence-corrected chi connectivity index (χ0v) is 14.5. The smallest absolute Gasteiger partial charge is 0.0836 e. The van der Waals surface area contributed by atoms with Gasteiger partial charge in [-0.15, -0.1) is 0 Å². The molecule has 1 rings (SSSR count). The van der Waals surface area contributed by atoms with Gasteiger partial charge in [-0.3, -0.25) is 0 Å². The first kappa shape index (κ1) is 18.7. The van der Waals surface area contributed by atoms with Gasteiger partial charge in [0.25, 0.3) is 0 Å². The van der Waals surface area contributed by atoms with E-state index in [0.717, 1.165) is 12.0 Å². The quantitative estimate of drug-likeness (QED) is 0.207. The summed E-state index contributed by atoms with van der Waals surface area (Å²) in [7, 11) is 0. The molecular formula is C20H33NO. The normalized spacial score (nSPS) is 11.8. The SMILES string of the molecule is CCCCCCCCCCCCc1ccc(/C(C)=N/O)cc1. The highest BCUT2D eigenvalue weighted by Gasteiger charge is 1.99. The molecular weight excluding hydrogens is 270 g/mol. The molecule has 0 aromatic heterocycles. The first-order valence-corrected chi connectivity index (χ1v) is 9.06. The summed E-state index contributed by atoms with van der Waals surface area (Å²) in [5.41, 5.74) is 3.05. The van der Waals surface area contributed by atoms with Gasteiger partial charge in [0.2, 0.25) is 0 Å². The molecule has 0 spiro atoms. The van der Waals surface area contributed by atoms with Crippen molar-refractivity contribution < 1.29 is 5.21 Å². The lowest BCUT2D eigenvalue weighted by Gasteiger charge is -2.04. The van der Waals surface area contributed by atoms with Gasteiger partial charge in [-0.05, 0) is 30.9 Å². The van der Waals surface area contributed by atoms with Gasteiger partial charge in [-0.1, -0.05) is 94.1 Å². The number of rotatable bonds is 12. The summed E-state index contributed by atoms with van der Waals surface area (Å²) in [6, 6.07) is 8.39. The minimum absolute atomic E-state index is 0.672. The third-order valence-electron chi connectivity index (χ3n) is 4.34. The highest BCUT2D eigenvalue weighted by atomic mass is 16.4. The van der Waals surface area contributed by atoms with Crippen LogP contribution in [0.2, 0.25) is 0 Å². The maximum absolute atomic E-state index is 8.75. The third-order valence-corrected chi connectivity index (χ3v) is 4.34. The van der Waals surface area contributed by atoms with Crippen molar-refractivity contribution in [2.75, 3.05) is 0 Å². The van der Waals surface area contributed by atoms with Crippen LogP contribution in [0, 0.1) is 0 Å². The van der Waals surface area contributed by atoms with Crippen molar-refractivity contribution >= 4 is 5.71 Å². The van der Waals surface area contributed by atoms with Crippen LogP contribution < -0.4 is 0 Å². The first-order chi connectivity index (χ1) is 10.8. The molecule has 22 heavy (non-hydrogen) atoms. The van der Waals surface area contributed by atoms with Crippen LogP contribution in [-0.2, 0) is 6.42 Å². The fourth-order valence-corrected chi connectivity index (χ4v) is 2.79. The molecule has 2 heteroatoms. The Morgan fingerprint density at radius 1 is 0.818 bits per heavy atom. The summed E-state index contributed by atoms with van der Waals surface area (Å²) in [6.07, 6.45) is 15.0. The van der Waals surface area contributed by atoms with Crippen molar-refractivity contribution in [3.8, 4) is 0 Å². The van der Waals surface area contributed by atoms with Crippen molar-refractivity contribution in [2.24, 2.45) is 5.16 Å². The molecule has 0 atom stereocenters. The third kappa shape index (κ3) is 8.21. The highest BCUT2D eigenvalue weighted by Crippen LogP contribution is 2.13. The minimum atomic E-state index is 0.672. The number of benzene rings is 1. The molecule has 0 fully saturated rings. The van der Waals surface area contributed by atoms with Crippen molar-refractivity contribution in [1.29, 1.82) is 0 Å². The molecule has 0 aliphatic heterocycles. The van der Waals surface area contributed by atoms with Crippen LogP contribution in [0.25, 0.3) is 0 Å². The van der Waals surface area contributed by atoms with E-state index in [1.54, 1.807) is 0 Å². The van der Waals surface area contributed by atoms with Gasteiger partial charge in [0.05, 0.1) is 5.71 Å². The van der Waals surface area contributed by atoms with Crippen molar-refractivity contribution in [1.82, 2.24) is 0 Å². The number of aryl methyl sites for hydroxylation is 1. The summed E-state index contributed by atoms with van der Waals surface area (Å²) < 4.78 is 0. The second kappa shape index (κ2) is 12.3. The molecule has 1 aromatic carbocycles. The van der Waals surface area contributed by atoms with Crippen LogP contribution in [0.5, 0.6) is 0 Å². The van der Waals surface area contributed by atoms with Crippen LogP contribution in [0.1, 0.15) is 89.2 Å². The van der Waals surface area contributed by atoms with Crippen LogP contribution in [0.15, 0.2) is 29.4 Å². The number of hydrogen-bond donors (Lipinski definition) is 1. The summed E-state index contributed by atoms with van der Waals surface area (Å²) >= 11 is 0. The van der Waals surface area contributed by atoms with Gasteiger partial charge in [0.1, 0.15) is 0 Å². The molecule has 0 aliphatic carbocycles. The summed E-state index contributed by atoms with van der Waals surface area (Å²) in [5.74, 6) is 0. The number of hydrogen-bond acceptors (Lipinski definition) is 2. The molecule has 0 unspecified atom stereocenters. The van der Waals surface area contributed by atoms with Gasteiger partial charge in [0, 0.05) is 0 Å². The Kier molecular flexibility index (Phi) is 10.4. The van der Waals surface area contributed by atoms with Crippen molar-refractivity contribution in [3.05, 3.63) is 35.4 Å². The van der Waals surface area contributed by atoms with E-state index >= 15 is 0 Å². The first-order valence-electron chi connectivity index (χ1n) is 9.06.